The molecular weight excluding hydrogens is 532 g/mol. The first-order valence-electron chi connectivity index (χ1n) is 10.2. The largest absolute Gasteiger partial charge is 0.365 e. The molecule has 2 amide bonds. The van der Waals surface area contributed by atoms with E-state index in [1.165, 1.54) is 10.7 Å². The maximum Gasteiger partial charge on any atom is 0.280 e. The van der Waals surface area contributed by atoms with Gasteiger partial charge in [-0.25, -0.2) is 13.8 Å². The van der Waals surface area contributed by atoms with Crippen LogP contribution in [0.2, 0.25) is 0 Å². The number of nitrogens with two attached hydrogens (primary N) is 1. The number of primary amides is 1. The van der Waals surface area contributed by atoms with E-state index in [1.807, 2.05) is 13.8 Å². The number of thiophene rings is 1. The van der Waals surface area contributed by atoms with Crippen LogP contribution in [-0.2, 0) is 11.3 Å². The number of aryl methyl sites for hydroxylation is 1. The summed E-state index contributed by atoms with van der Waals surface area (Å²) < 4.78 is 31.2. The Morgan fingerprint density at radius 1 is 1.26 bits per heavy atom. The summed E-state index contributed by atoms with van der Waals surface area (Å²) in [4.78, 5) is 29.6. The van der Waals surface area contributed by atoms with E-state index in [1.54, 1.807) is 30.2 Å². The minimum Gasteiger partial charge on any atom is -0.365 e. The molecule has 0 spiro atoms. The van der Waals surface area contributed by atoms with Crippen molar-refractivity contribution in [3.05, 3.63) is 45.4 Å². The molecule has 0 saturated carbocycles. The van der Waals surface area contributed by atoms with Crippen LogP contribution < -0.4 is 11.1 Å². The molecule has 0 aliphatic rings. The van der Waals surface area contributed by atoms with E-state index in [9.17, 15) is 18.4 Å². The Morgan fingerprint density at radius 3 is 2.56 bits per heavy atom. The fourth-order valence-electron chi connectivity index (χ4n) is 3.64. The van der Waals surface area contributed by atoms with Crippen LogP contribution in [0.3, 0.4) is 0 Å². The van der Waals surface area contributed by atoms with Gasteiger partial charge in [0.25, 0.3) is 12.3 Å². The van der Waals surface area contributed by atoms with E-state index in [0.29, 0.717) is 27.5 Å². The number of hydrogen-bond donors (Lipinski definition) is 2. The highest BCUT2D eigenvalue weighted by atomic mass is 79.9. The highest BCUT2D eigenvalue weighted by molar-refractivity contribution is 9.10. The second-order valence-corrected chi connectivity index (χ2v) is 9.42. The molecule has 1 atom stereocenters. The van der Waals surface area contributed by atoms with Gasteiger partial charge >= 0.3 is 0 Å². The Hall–Kier alpha value is -3.19. The summed E-state index contributed by atoms with van der Waals surface area (Å²) in [5.41, 5.74) is 6.98. The quantitative estimate of drug-likeness (QED) is 0.345. The summed E-state index contributed by atoms with van der Waals surface area (Å²) in [6, 6.07) is 0.529. The molecular formula is C21H20BrF2N7O2S. The van der Waals surface area contributed by atoms with E-state index in [-0.39, 0.29) is 15.4 Å². The predicted octanol–water partition coefficient (Wildman–Crippen LogP) is 4.68. The summed E-state index contributed by atoms with van der Waals surface area (Å²) >= 11 is 4.14. The van der Waals surface area contributed by atoms with Crippen LogP contribution in [-0.4, -0.2) is 36.4 Å². The molecule has 4 heterocycles. The number of alkyl halides is 2. The molecule has 0 aliphatic heterocycles. The van der Waals surface area contributed by atoms with Gasteiger partial charge in [0.2, 0.25) is 5.91 Å². The van der Waals surface area contributed by atoms with Crippen LogP contribution in [0, 0.1) is 6.92 Å². The standard InChI is InChI=1S/C21H20BrF2N7O2S/c1-4-30-9(2)13(7-27-30)12-5-14(18(23)24)28-21-15(12)16(17(34-21)19(25)32)29-20(33)10(3)31-8-11(22)6-26-31/h5-8,10,18H,4H2,1-3H3,(H2,25,32)(H,29,33). The SMILES string of the molecule is CCn1ncc(-c2cc(C(F)F)nc3sc(C(N)=O)c(NC(=O)C(C)n4cc(Br)cn4)c23)c1C. The lowest BCUT2D eigenvalue weighted by Gasteiger charge is -2.14. The Balaban J connectivity index is 1.93. The first-order valence-corrected chi connectivity index (χ1v) is 11.8. The molecule has 0 saturated heterocycles. The Labute approximate surface area is 205 Å². The third-order valence-electron chi connectivity index (χ3n) is 5.42. The molecule has 0 bridgehead atoms. The lowest BCUT2D eigenvalue weighted by atomic mass is 10.0. The number of anilines is 1. The third-order valence-corrected chi connectivity index (χ3v) is 6.92. The van der Waals surface area contributed by atoms with Gasteiger partial charge in [-0.2, -0.15) is 10.2 Å². The number of aromatic nitrogens is 5. The van der Waals surface area contributed by atoms with Crippen molar-refractivity contribution in [3.8, 4) is 11.1 Å². The van der Waals surface area contributed by atoms with Gasteiger partial charge in [0.1, 0.15) is 21.4 Å². The number of nitrogens with zero attached hydrogens (tertiary/aromatic N) is 5. The Bertz CT molecular complexity index is 1410. The van der Waals surface area contributed by atoms with Crippen molar-refractivity contribution in [2.45, 2.75) is 39.8 Å². The van der Waals surface area contributed by atoms with Crippen molar-refractivity contribution in [1.82, 2.24) is 24.5 Å². The van der Waals surface area contributed by atoms with Crippen LogP contribution in [0.4, 0.5) is 14.5 Å². The molecule has 0 aliphatic carbocycles. The predicted molar refractivity (Wildman–Crippen MR) is 128 cm³/mol. The number of carbonyl (C=O) groups excluding carboxylic acids is 2. The Kier molecular flexibility index (Phi) is 6.49. The number of hydrogen-bond acceptors (Lipinski definition) is 6. The summed E-state index contributed by atoms with van der Waals surface area (Å²) in [6.07, 6.45) is 1.91. The number of carbonyl (C=O) groups is 2. The molecule has 1 unspecified atom stereocenters. The zero-order chi connectivity index (χ0) is 24.7. The lowest BCUT2D eigenvalue weighted by Crippen LogP contribution is -2.25. The average Bonchev–Trinajstić information content (AvgIpc) is 3.49. The maximum atomic E-state index is 13.7. The maximum absolute atomic E-state index is 13.7. The van der Waals surface area contributed by atoms with Crippen molar-refractivity contribution in [1.29, 1.82) is 0 Å². The van der Waals surface area contributed by atoms with Crippen molar-refractivity contribution < 1.29 is 18.4 Å². The molecule has 9 nitrogen and oxygen atoms in total. The van der Waals surface area contributed by atoms with Crippen molar-refractivity contribution >= 4 is 55.0 Å². The van der Waals surface area contributed by atoms with Gasteiger partial charge in [0.05, 0.1) is 22.6 Å². The van der Waals surface area contributed by atoms with E-state index in [2.05, 4.69) is 36.4 Å². The van der Waals surface area contributed by atoms with E-state index in [0.717, 1.165) is 17.0 Å². The number of halogens is 3. The van der Waals surface area contributed by atoms with Gasteiger partial charge in [0, 0.05) is 29.4 Å². The second-order valence-electron chi connectivity index (χ2n) is 7.51. The minimum absolute atomic E-state index is 0.0119. The summed E-state index contributed by atoms with van der Waals surface area (Å²) in [7, 11) is 0. The fourth-order valence-corrected chi connectivity index (χ4v) is 4.95. The average molecular weight is 552 g/mol. The second kappa shape index (κ2) is 9.22. The molecule has 178 valence electrons. The molecule has 4 rings (SSSR count). The number of rotatable bonds is 7. The molecule has 4 aromatic heterocycles. The molecule has 0 radical (unpaired) electrons. The Morgan fingerprint density at radius 2 is 2.00 bits per heavy atom. The normalized spacial score (nSPS) is 12.4. The number of amides is 2. The molecule has 13 heteroatoms. The van der Waals surface area contributed by atoms with Gasteiger partial charge in [-0.15, -0.1) is 11.3 Å². The number of nitrogens with one attached hydrogen (secondary N) is 1. The van der Waals surface area contributed by atoms with Crippen LogP contribution in [0.1, 0.15) is 47.4 Å². The van der Waals surface area contributed by atoms with Crippen LogP contribution >= 0.6 is 27.3 Å². The van der Waals surface area contributed by atoms with Crippen LogP contribution in [0.5, 0.6) is 0 Å². The van der Waals surface area contributed by atoms with Crippen molar-refractivity contribution in [2.24, 2.45) is 5.73 Å². The molecule has 4 aromatic rings. The third kappa shape index (κ3) is 4.20. The molecule has 34 heavy (non-hydrogen) atoms. The van der Waals surface area contributed by atoms with Gasteiger partial charge in [-0.1, -0.05) is 0 Å². The van der Waals surface area contributed by atoms with E-state index >= 15 is 0 Å². The number of fused-ring (bicyclic) bond motifs is 1. The zero-order valence-electron chi connectivity index (χ0n) is 18.3. The van der Waals surface area contributed by atoms with Crippen molar-refractivity contribution in [3.63, 3.8) is 0 Å². The molecule has 3 N–H and O–H groups in total. The molecule has 0 aromatic carbocycles. The van der Waals surface area contributed by atoms with Gasteiger partial charge in [0.15, 0.2) is 0 Å². The fraction of sp³-hybridized carbons (Fsp3) is 0.286. The van der Waals surface area contributed by atoms with E-state index in [4.69, 9.17) is 5.73 Å². The summed E-state index contributed by atoms with van der Waals surface area (Å²) in [5, 5.41) is 11.5. The van der Waals surface area contributed by atoms with Gasteiger partial charge in [-0.05, 0) is 48.3 Å². The first kappa shape index (κ1) is 24.0. The number of pyridine rings is 1. The first-order chi connectivity index (χ1) is 16.1. The minimum atomic E-state index is -2.83. The van der Waals surface area contributed by atoms with Gasteiger partial charge in [-0.3, -0.25) is 19.0 Å². The van der Waals surface area contributed by atoms with Crippen LogP contribution in [0.15, 0.2) is 29.1 Å². The highest BCUT2D eigenvalue weighted by Gasteiger charge is 2.27. The van der Waals surface area contributed by atoms with Crippen LogP contribution in [0.25, 0.3) is 21.3 Å². The lowest BCUT2D eigenvalue weighted by molar-refractivity contribution is -0.119. The van der Waals surface area contributed by atoms with E-state index < -0.39 is 30.0 Å². The van der Waals surface area contributed by atoms with Crippen molar-refractivity contribution in [2.75, 3.05) is 5.32 Å². The smallest absolute Gasteiger partial charge is 0.280 e. The molecule has 0 fully saturated rings. The monoisotopic (exact) mass is 551 g/mol. The van der Waals surface area contributed by atoms with Gasteiger partial charge < -0.3 is 11.1 Å². The topological polar surface area (TPSA) is 121 Å². The highest BCUT2D eigenvalue weighted by Crippen LogP contribution is 2.43. The summed E-state index contributed by atoms with van der Waals surface area (Å²) in [5.74, 6) is -1.28. The summed E-state index contributed by atoms with van der Waals surface area (Å²) in [6.45, 7) is 5.94. The zero-order valence-corrected chi connectivity index (χ0v) is 20.7.